The van der Waals surface area contributed by atoms with Crippen LogP contribution < -0.4 is 4.90 Å². The summed E-state index contributed by atoms with van der Waals surface area (Å²) in [5.41, 5.74) is 1.53. The normalized spacial score (nSPS) is 10.6. The number of rotatable bonds is 2. The summed E-state index contributed by atoms with van der Waals surface area (Å²) in [6, 6.07) is 13.6. The van der Waals surface area contributed by atoms with E-state index in [1.807, 2.05) is 38.4 Å². The van der Waals surface area contributed by atoms with Crippen molar-refractivity contribution in [3.63, 3.8) is 0 Å². The Kier molecular flexibility index (Phi) is 3.22. The molecule has 110 valence electrons. The maximum atomic E-state index is 14.3. The van der Waals surface area contributed by atoms with Crippen molar-refractivity contribution in [2.45, 2.75) is 0 Å². The Hall–Kier alpha value is -3.00. The van der Waals surface area contributed by atoms with Gasteiger partial charge in [0.05, 0.1) is 11.2 Å². The topological polar surface area (TPSA) is 52.2 Å². The van der Waals surface area contributed by atoms with E-state index in [1.54, 1.807) is 9.47 Å². The van der Waals surface area contributed by atoms with Crippen molar-refractivity contribution in [3.05, 3.63) is 53.8 Å². The van der Waals surface area contributed by atoms with Crippen LogP contribution in [-0.2, 0) is 0 Å². The summed E-state index contributed by atoms with van der Waals surface area (Å²) in [6.07, 6.45) is 0. The molecular formula is C17H14FN3O. The van der Waals surface area contributed by atoms with Crippen molar-refractivity contribution in [1.29, 1.82) is 5.26 Å². The molecule has 0 aliphatic rings. The van der Waals surface area contributed by atoms with Gasteiger partial charge in [-0.15, -0.1) is 0 Å². The molecule has 4 nitrogen and oxygen atoms in total. The van der Waals surface area contributed by atoms with Crippen LogP contribution in [0.1, 0.15) is 5.56 Å². The average molecular weight is 295 g/mol. The van der Waals surface area contributed by atoms with Gasteiger partial charge >= 0.3 is 0 Å². The molecule has 0 bridgehead atoms. The maximum Gasteiger partial charge on any atom is 0.150 e. The number of phenolic OH excluding ortho intramolecular Hbond substituents is 1. The first kappa shape index (κ1) is 14.0. The van der Waals surface area contributed by atoms with E-state index in [4.69, 9.17) is 0 Å². The molecule has 3 aromatic rings. The van der Waals surface area contributed by atoms with E-state index in [-0.39, 0.29) is 5.75 Å². The molecule has 0 atom stereocenters. The van der Waals surface area contributed by atoms with Crippen LogP contribution in [0.5, 0.6) is 5.75 Å². The summed E-state index contributed by atoms with van der Waals surface area (Å²) < 4.78 is 16.0. The summed E-state index contributed by atoms with van der Waals surface area (Å²) >= 11 is 0. The van der Waals surface area contributed by atoms with Crippen LogP contribution in [0.3, 0.4) is 0 Å². The van der Waals surface area contributed by atoms with E-state index in [9.17, 15) is 14.8 Å². The number of hydrogen-bond acceptors (Lipinski definition) is 3. The molecule has 0 fully saturated rings. The first-order valence-corrected chi connectivity index (χ1v) is 6.74. The smallest absolute Gasteiger partial charge is 0.150 e. The zero-order chi connectivity index (χ0) is 15.9. The minimum Gasteiger partial charge on any atom is -0.508 e. The number of anilines is 1. The molecule has 0 amide bonds. The predicted octanol–water partition coefficient (Wildman–Crippen LogP) is 3.41. The molecule has 22 heavy (non-hydrogen) atoms. The van der Waals surface area contributed by atoms with Gasteiger partial charge in [-0.3, -0.25) is 4.57 Å². The lowest BCUT2D eigenvalue weighted by molar-refractivity contribution is 0.468. The second kappa shape index (κ2) is 5.08. The molecule has 0 saturated heterocycles. The van der Waals surface area contributed by atoms with Crippen LogP contribution in [0, 0.1) is 17.1 Å². The Morgan fingerprint density at radius 1 is 1.18 bits per heavy atom. The summed E-state index contributed by atoms with van der Waals surface area (Å²) in [4.78, 5) is 1.78. The van der Waals surface area contributed by atoms with E-state index >= 15 is 0 Å². The van der Waals surface area contributed by atoms with Crippen molar-refractivity contribution in [1.82, 2.24) is 4.57 Å². The highest BCUT2D eigenvalue weighted by atomic mass is 19.1. The Bertz CT molecular complexity index is 906. The van der Waals surface area contributed by atoms with Crippen molar-refractivity contribution >= 4 is 16.7 Å². The number of aromatic hydroxyl groups is 1. The van der Waals surface area contributed by atoms with Crippen molar-refractivity contribution < 1.29 is 9.50 Å². The number of nitriles is 1. The molecule has 0 radical (unpaired) electrons. The maximum absolute atomic E-state index is 14.3. The van der Waals surface area contributed by atoms with Crippen LogP contribution in [0.4, 0.5) is 10.2 Å². The first-order chi connectivity index (χ1) is 10.5. The number of halogens is 1. The van der Waals surface area contributed by atoms with Crippen molar-refractivity contribution in [2.24, 2.45) is 0 Å². The van der Waals surface area contributed by atoms with Gasteiger partial charge in [0.1, 0.15) is 23.2 Å². The number of benzene rings is 2. The second-order valence-electron chi connectivity index (χ2n) is 5.19. The van der Waals surface area contributed by atoms with Gasteiger partial charge in [-0.1, -0.05) is 18.2 Å². The van der Waals surface area contributed by atoms with Crippen LogP contribution in [-0.4, -0.2) is 23.8 Å². The number of fused-ring (bicyclic) bond motifs is 1. The molecule has 1 aromatic heterocycles. The molecule has 0 unspecified atom stereocenters. The van der Waals surface area contributed by atoms with Crippen molar-refractivity contribution in [2.75, 3.05) is 19.0 Å². The minimum atomic E-state index is -0.548. The Morgan fingerprint density at radius 3 is 2.55 bits per heavy atom. The molecular weight excluding hydrogens is 281 g/mol. The highest BCUT2D eigenvalue weighted by molar-refractivity contribution is 5.94. The average Bonchev–Trinajstić information content (AvgIpc) is 2.82. The van der Waals surface area contributed by atoms with E-state index in [0.717, 1.165) is 17.0 Å². The number of phenols is 1. The summed E-state index contributed by atoms with van der Waals surface area (Å²) in [5, 5.41) is 19.7. The Labute approximate surface area is 127 Å². The monoisotopic (exact) mass is 295 g/mol. The predicted molar refractivity (Wildman–Crippen MR) is 83.9 cm³/mol. The molecule has 0 saturated carbocycles. The fourth-order valence-corrected chi connectivity index (χ4v) is 2.68. The summed E-state index contributed by atoms with van der Waals surface area (Å²) in [5.74, 6) is -0.0775. The molecule has 2 aromatic carbocycles. The van der Waals surface area contributed by atoms with Crippen LogP contribution in [0.25, 0.3) is 16.6 Å². The fourth-order valence-electron chi connectivity index (χ4n) is 2.68. The third kappa shape index (κ3) is 1.97. The molecule has 0 aliphatic carbocycles. The van der Waals surface area contributed by atoms with Gasteiger partial charge in [-0.2, -0.15) is 5.26 Å². The molecule has 0 aliphatic heterocycles. The minimum absolute atomic E-state index is 0.135. The van der Waals surface area contributed by atoms with Crippen LogP contribution >= 0.6 is 0 Å². The Balaban J connectivity index is 2.47. The van der Waals surface area contributed by atoms with Gasteiger partial charge in [0.15, 0.2) is 5.82 Å². The van der Waals surface area contributed by atoms with E-state index in [1.165, 1.54) is 12.1 Å². The highest BCUT2D eigenvalue weighted by Crippen LogP contribution is 2.35. The van der Waals surface area contributed by atoms with Gasteiger partial charge in [0.2, 0.25) is 0 Å². The zero-order valence-electron chi connectivity index (χ0n) is 12.2. The molecule has 1 N–H and O–H groups in total. The van der Waals surface area contributed by atoms with Crippen LogP contribution in [0.2, 0.25) is 0 Å². The van der Waals surface area contributed by atoms with E-state index in [2.05, 4.69) is 6.07 Å². The number of nitrogens with zero attached hydrogens (tertiary/aromatic N) is 3. The van der Waals surface area contributed by atoms with Gasteiger partial charge in [-0.25, -0.2) is 4.39 Å². The molecule has 3 rings (SSSR count). The lowest BCUT2D eigenvalue weighted by Gasteiger charge is -2.18. The standard InChI is InChI=1S/C17H14FN3O/c1-20(2)17-13(10-19)12-5-3-4-6-15(12)21(17)16-8-7-11(22)9-14(16)18/h3-9,22H,1-2H3. The summed E-state index contributed by atoms with van der Waals surface area (Å²) in [6.45, 7) is 0. The third-order valence-electron chi connectivity index (χ3n) is 3.56. The lowest BCUT2D eigenvalue weighted by atomic mass is 10.2. The molecule has 1 heterocycles. The van der Waals surface area contributed by atoms with E-state index < -0.39 is 5.82 Å². The Morgan fingerprint density at radius 2 is 1.91 bits per heavy atom. The quantitative estimate of drug-likeness (QED) is 0.788. The van der Waals surface area contributed by atoms with Gasteiger partial charge in [-0.05, 0) is 18.2 Å². The van der Waals surface area contributed by atoms with Gasteiger partial charge in [0, 0.05) is 25.5 Å². The largest absolute Gasteiger partial charge is 0.508 e. The first-order valence-electron chi connectivity index (χ1n) is 6.74. The molecule has 5 heteroatoms. The van der Waals surface area contributed by atoms with Crippen molar-refractivity contribution in [3.8, 4) is 17.5 Å². The lowest BCUT2D eigenvalue weighted by Crippen LogP contribution is -2.15. The summed E-state index contributed by atoms with van der Waals surface area (Å²) in [7, 11) is 3.62. The number of aromatic nitrogens is 1. The van der Waals surface area contributed by atoms with Gasteiger partial charge in [0.25, 0.3) is 0 Å². The number of para-hydroxylation sites is 1. The van der Waals surface area contributed by atoms with Gasteiger partial charge < -0.3 is 10.0 Å². The second-order valence-corrected chi connectivity index (χ2v) is 5.19. The van der Waals surface area contributed by atoms with Crippen LogP contribution in [0.15, 0.2) is 42.5 Å². The molecule has 0 spiro atoms. The fraction of sp³-hybridized carbons (Fsp3) is 0.118. The third-order valence-corrected chi connectivity index (χ3v) is 3.56. The SMILES string of the molecule is CN(C)c1c(C#N)c2ccccc2n1-c1ccc(O)cc1F. The highest BCUT2D eigenvalue weighted by Gasteiger charge is 2.21. The number of hydrogen-bond donors (Lipinski definition) is 1. The van der Waals surface area contributed by atoms with E-state index in [0.29, 0.717) is 17.1 Å². The zero-order valence-corrected chi connectivity index (χ0v) is 12.2.